The molecule has 0 amide bonds. The smallest absolute Gasteiger partial charge is 0.164 e. The van der Waals surface area contributed by atoms with Crippen molar-refractivity contribution in [1.82, 2.24) is 9.99 Å². The third-order valence-corrected chi connectivity index (χ3v) is 2.01. The highest BCUT2D eigenvalue weighted by atomic mass is 16.3. The number of carbonyl (C=O) groups is 1. The van der Waals surface area contributed by atoms with Crippen molar-refractivity contribution in [1.29, 1.82) is 0 Å². The highest BCUT2D eigenvalue weighted by Gasteiger charge is 2.05. The molecule has 0 spiro atoms. The number of nitrogens with two attached hydrogens (primary N) is 1. The molecule has 18 heavy (non-hydrogen) atoms. The lowest BCUT2D eigenvalue weighted by molar-refractivity contribution is 0.0976. The molecule has 2 N–H and O–H groups in total. The van der Waals surface area contributed by atoms with Crippen LogP contribution in [0.15, 0.2) is 35.1 Å². The van der Waals surface area contributed by atoms with Crippen molar-refractivity contribution >= 4 is 5.78 Å². The van der Waals surface area contributed by atoms with Crippen LogP contribution in [0, 0.1) is 9.81 Å². The van der Waals surface area contributed by atoms with Crippen molar-refractivity contribution in [3.05, 3.63) is 39.9 Å². The largest absolute Gasteiger partial charge is 0.294 e. The van der Waals surface area contributed by atoms with E-state index in [0.29, 0.717) is 24.9 Å². The van der Waals surface area contributed by atoms with Crippen molar-refractivity contribution in [2.24, 2.45) is 16.4 Å². The zero-order chi connectivity index (χ0) is 13.8. The first-order valence-corrected chi connectivity index (χ1v) is 5.15. The number of hydrogen-bond donors (Lipinski definition) is 1. The molecule has 8 nitrogen and oxygen atoms in total. The van der Waals surface area contributed by atoms with Gasteiger partial charge in [0.1, 0.15) is 0 Å². The van der Waals surface area contributed by atoms with E-state index in [0.717, 1.165) is 0 Å². The van der Waals surface area contributed by atoms with Gasteiger partial charge in [0.15, 0.2) is 5.78 Å². The van der Waals surface area contributed by atoms with Gasteiger partial charge in [-0.1, -0.05) is 0 Å². The highest BCUT2D eigenvalue weighted by Crippen LogP contribution is 2.03. The van der Waals surface area contributed by atoms with Crippen LogP contribution in [0.1, 0.15) is 23.2 Å². The Bertz CT molecular complexity index is 371. The van der Waals surface area contributed by atoms with Crippen molar-refractivity contribution < 1.29 is 4.79 Å². The normalized spacial score (nSPS) is 8.72. The van der Waals surface area contributed by atoms with Gasteiger partial charge in [0.25, 0.3) is 0 Å². The molecule has 0 atom stereocenters. The van der Waals surface area contributed by atoms with E-state index >= 15 is 0 Å². The van der Waals surface area contributed by atoms with Crippen LogP contribution in [-0.4, -0.2) is 29.4 Å². The van der Waals surface area contributed by atoms with Crippen LogP contribution in [0.25, 0.3) is 0 Å². The van der Waals surface area contributed by atoms with Crippen molar-refractivity contribution in [3.8, 4) is 0 Å². The van der Waals surface area contributed by atoms with Crippen LogP contribution in [0.4, 0.5) is 0 Å². The fourth-order valence-electron chi connectivity index (χ4n) is 1.18. The molecule has 0 aromatic carbocycles. The number of rotatable bonds is 6. The molecule has 0 aliphatic carbocycles. The number of aromatic nitrogens is 1. The average molecular weight is 253 g/mol. The van der Waals surface area contributed by atoms with Gasteiger partial charge in [-0.05, 0) is 18.6 Å². The van der Waals surface area contributed by atoms with Crippen LogP contribution >= 0.6 is 0 Å². The first-order valence-electron chi connectivity index (χ1n) is 5.15. The van der Waals surface area contributed by atoms with Crippen LogP contribution < -0.4 is 5.84 Å². The first kappa shape index (κ1) is 15.6. The van der Waals surface area contributed by atoms with Crippen molar-refractivity contribution in [3.63, 3.8) is 0 Å². The van der Waals surface area contributed by atoms with E-state index in [9.17, 15) is 9.70 Å². The zero-order valence-corrected chi connectivity index (χ0v) is 10.0. The Labute approximate surface area is 104 Å². The minimum Gasteiger partial charge on any atom is -0.294 e. The summed E-state index contributed by atoms with van der Waals surface area (Å²) in [6, 6.07) is 3.46. The van der Waals surface area contributed by atoms with Gasteiger partial charge in [0.05, 0.1) is 5.29 Å². The maximum Gasteiger partial charge on any atom is 0.164 e. The monoisotopic (exact) mass is 253 g/mol. The van der Waals surface area contributed by atoms with Gasteiger partial charge in [-0.2, -0.15) is 0 Å². The molecule has 0 radical (unpaired) electrons. The number of Topliss-reactive ketones (excluding diaryl/α,β-unsaturated/α-hetero) is 1. The molecule has 0 saturated carbocycles. The molecule has 0 fully saturated rings. The predicted octanol–water partition coefficient (Wildman–Crippen LogP) is 1.28. The molecule has 0 bridgehead atoms. The number of ketones is 1. The van der Waals surface area contributed by atoms with E-state index in [1.54, 1.807) is 36.9 Å². The summed E-state index contributed by atoms with van der Waals surface area (Å²) in [5, 5.41) is 5.74. The first-order chi connectivity index (χ1) is 8.65. The molecule has 8 heteroatoms. The second kappa shape index (κ2) is 9.82. The highest BCUT2D eigenvalue weighted by molar-refractivity contribution is 5.95. The molecule has 1 heterocycles. The quantitative estimate of drug-likeness (QED) is 0.353. The number of carbonyl (C=O) groups excluding carboxylic acids is 1. The summed E-state index contributed by atoms with van der Waals surface area (Å²) in [6.45, 7) is 0.496. The second-order valence-electron chi connectivity index (χ2n) is 3.34. The number of nitrogens with zero attached hydrogens (tertiary/aromatic N) is 4. The fourth-order valence-corrected chi connectivity index (χ4v) is 1.18. The lowest BCUT2D eigenvalue weighted by atomic mass is 10.1. The molecular formula is C10H15N5O3. The Hall–Kier alpha value is -2.38. The Balaban J connectivity index is 0.000000873. The summed E-state index contributed by atoms with van der Waals surface area (Å²) in [5.41, 5.74) is 0.610. The Morgan fingerprint density at radius 2 is 2.17 bits per heavy atom. The minimum atomic E-state index is 0.0439. The molecule has 98 valence electrons. The molecule has 1 aromatic rings. The number of hydrogen-bond acceptors (Lipinski definition) is 6. The van der Waals surface area contributed by atoms with Crippen molar-refractivity contribution in [2.45, 2.75) is 12.8 Å². The maximum atomic E-state index is 11.5. The molecule has 0 unspecified atom stereocenters. The number of nitroso groups, excluding NO2 is 2. The second-order valence-corrected chi connectivity index (χ2v) is 3.34. The summed E-state index contributed by atoms with van der Waals surface area (Å²) in [5.74, 6) is 3.96. The van der Waals surface area contributed by atoms with Gasteiger partial charge in [-0.25, -0.2) is 0 Å². The van der Waals surface area contributed by atoms with E-state index in [1.165, 1.54) is 5.01 Å². The van der Waals surface area contributed by atoms with Gasteiger partial charge in [0, 0.05) is 43.3 Å². The van der Waals surface area contributed by atoms with Gasteiger partial charge in [0.2, 0.25) is 0 Å². The lowest BCUT2D eigenvalue weighted by Gasteiger charge is -2.06. The van der Waals surface area contributed by atoms with E-state index in [-0.39, 0.29) is 5.78 Å². The number of pyridine rings is 1. The fraction of sp³-hybridized carbons (Fsp3) is 0.400. The zero-order valence-electron chi connectivity index (χ0n) is 10.0. The maximum absolute atomic E-state index is 11.5. The van der Waals surface area contributed by atoms with E-state index in [1.807, 2.05) is 0 Å². The SMILES string of the molecule is CN(CCCC(=O)c1cccnc1)N=O.NN=O. The van der Waals surface area contributed by atoms with E-state index in [2.05, 4.69) is 16.1 Å². The van der Waals surface area contributed by atoms with Crippen molar-refractivity contribution in [2.75, 3.05) is 13.6 Å². The third-order valence-electron chi connectivity index (χ3n) is 2.01. The predicted molar refractivity (Wildman–Crippen MR) is 66.2 cm³/mol. The molecular weight excluding hydrogens is 238 g/mol. The van der Waals surface area contributed by atoms with Crippen LogP contribution in [0.2, 0.25) is 0 Å². The van der Waals surface area contributed by atoms with Gasteiger partial charge >= 0.3 is 0 Å². The average Bonchev–Trinajstić information content (AvgIpc) is 2.40. The van der Waals surface area contributed by atoms with Gasteiger partial charge in [-0.15, -0.1) is 9.81 Å². The molecule has 0 aliphatic heterocycles. The molecule has 1 rings (SSSR count). The standard InChI is InChI=1S/C10H13N3O2.H2N2O/c1-13(12-15)7-3-5-10(14)9-4-2-6-11-8-9;1-2-3/h2,4,6,8H,3,5,7H2,1H3;(H2,1,3). The Morgan fingerprint density at radius 1 is 1.50 bits per heavy atom. The molecule has 0 aliphatic rings. The van der Waals surface area contributed by atoms with Crippen LogP contribution in [0.5, 0.6) is 0 Å². The molecule has 0 saturated heterocycles. The topological polar surface area (TPSA) is 118 Å². The summed E-state index contributed by atoms with van der Waals surface area (Å²) < 4.78 is 0. The Kier molecular flexibility index (Phi) is 8.52. The van der Waals surface area contributed by atoms with Gasteiger partial charge < -0.3 is 0 Å². The third kappa shape index (κ3) is 6.99. The van der Waals surface area contributed by atoms with Gasteiger partial charge in [-0.3, -0.25) is 20.6 Å². The lowest BCUT2D eigenvalue weighted by Crippen LogP contribution is -2.13. The van der Waals surface area contributed by atoms with E-state index in [4.69, 9.17) is 4.91 Å². The molecule has 1 aromatic heterocycles. The summed E-state index contributed by atoms with van der Waals surface area (Å²) in [4.78, 5) is 33.8. The minimum absolute atomic E-state index is 0.0439. The summed E-state index contributed by atoms with van der Waals surface area (Å²) in [6.07, 6.45) is 4.20. The Morgan fingerprint density at radius 3 is 2.67 bits per heavy atom. The van der Waals surface area contributed by atoms with Crippen LogP contribution in [-0.2, 0) is 0 Å². The van der Waals surface area contributed by atoms with E-state index < -0.39 is 0 Å². The summed E-state index contributed by atoms with van der Waals surface area (Å²) >= 11 is 0. The summed E-state index contributed by atoms with van der Waals surface area (Å²) in [7, 11) is 1.58. The van der Waals surface area contributed by atoms with Crippen LogP contribution in [0.3, 0.4) is 0 Å².